The van der Waals surface area contributed by atoms with Gasteiger partial charge in [-0.2, -0.15) is 13.2 Å². The topological polar surface area (TPSA) is 90.0 Å². The second-order valence-electron chi connectivity index (χ2n) is 4.83. The van der Waals surface area contributed by atoms with Crippen molar-refractivity contribution in [3.63, 3.8) is 0 Å². The Balaban J connectivity index is 2.02. The molecule has 7 nitrogen and oxygen atoms in total. The Morgan fingerprint density at radius 3 is 2.57 bits per heavy atom. The maximum atomic E-state index is 13.2. The molecule has 122 valence electrons. The van der Waals surface area contributed by atoms with Crippen LogP contribution in [0.4, 0.5) is 25.1 Å². The van der Waals surface area contributed by atoms with Crippen LogP contribution in [0.25, 0.3) is 11.3 Å². The van der Waals surface area contributed by atoms with Gasteiger partial charge < -0.3 is 15.4 Å². The van der Waals surface area contributed by atoms with Crippen LogP contribution in [-0.4, -0.2) is 46.2 Å². The van der Waals surface area contributed by atoms with Crippen molar-refractivity contribution in [2.75, 3.05) is 36.9 Å². The van der Waals surface area contributed by atoms with E-state index in [1.54, 1.807) is 0 Å². The zero-order chi connectivity index (χ0) is 16.4. The molecule has 0 amide bonds. The van der Waals surface area contributed by atoms with Crippen LogP contribution in [0.15, 0.2) is 18.5 Å². The van der Waals surface area contributed by atoms with Gasteiger partial charge >= 0.3 is 6.18 Å². The number of rotatable bonds is 2. The van der Waals surface area contributed by atoms with E-state index in [2.05, 4.69) is 19.9 Å². The molecule has 23 heavy (non-hydrogen) atoms. The van der Waals surface area contributed by atoms with E-state index >= 15 is 0 Å². The van der Waals surface area contributed by atoms with Gasteiger partial charge in [-0.1, -0.05) is 0 Å². The molecular formula is C13H13F3N6O. The summed E-state index contributed by atoms with van der Waals surface area (Å²) in [6.07, 6.45) is -2.23. The molecule has 2 aromatic heterocycles. The second-order valence-corrected chi connectivity index (χ2v) is 4.83. The first-order chi connectivity index (χ1) is 10.9. The van der Waals surface area contributed by atoms with Crippen LogP contribution >= 0.6 is 0 Å². The summed E-state index contributed by atoms with van der Waals surface area (Å²) in [6.45, 7) is 2.19. The molecule has 0 bridgehead atoms. The number of hydrogen-bond donors (Lipinski definition) is 1. The highest BCUT2D eigenvalue weighted by molar-refractivity contribution is 5.63. The average Bonchev–Trinajstić information content (AvgIpc) is 2.55. The van der Waals surface area contributed by atoms with Gasteiger partial charge in [0, 0.05) is 31.0 Å². The molecule has 2 N–H and O–H groups in total. The fraction of sp³-hybridized carbons (Fsp3) is 0.385. The molecule has 2 aromatic rings. The zero-order valence-electron chi connectivity index (χ0n) is 11.9. The normalized spacial score (nSPS) is 15.7. The highest BCUT2D eigenvalue weighted by Crippen LogP contribution is 2.35. The van der Waals surface area contributed by atoms with Crippen LogP contribution in [0.3, 0.4) is 0 Å². The van der Waals surface area contributed by atoms with Gasteiger partial charge in [-0.25, -0.2) is 19.9 Å². The number of hydrogen-bond acceptors (Lipinski definition) is 7. The van der Waals surface area contributed by atoms with Crippen LogP contribution in [-0.2, 0) is 10.9 Å². The summed E-state index contributed by atoms with van der Waals surface area (Å²) < 4.78 is 44.7. The minimum Gasteiger partial charge on any atom is -0.378 e. The summed E-state index contributed by atoms with van der Waals surface area (Å²) in [6, 6.07) is 1.38. The summed E-state index contributed by atoms with van der Waals surface area (Å²) in [5, 5.41) is 0. The smallest absolute Gasteiger partial charge is 0.378 e. The number of nitrogens with two attached hydrogens (primary N) is 1. The van der Waals surface area contributed by atoms with Crippen molar-refractivity contribution in [2.24, 2.45) is 0 Å². The number of ether oxygens (including phenoxy) is 1. The number of aromatic nitrogens is 4. The van der Waals surface area contributed by atoms with Crippen molar-refractivity contribution >= 4 is 11.9 Å². The molecule has 1 aliphatic heterocycles. The van der Waals surface area contributed by atoms with Gasteiger partial charge in [-0.05, 0) is 6.07 Å². The van der Waals surface area contributed by atoms with Crippen molar-refractivity contribution < 1.29 is 17.9 Å². The van der Waals surface area contributed by atoms with E-state index < -0.39 is 17.8 Å². The minimum absolute atomic E-state index is 0.0915. The number of nitrogens with zero attached hydrogens (tertiary/aromatic N) is 5. The van der Waals surface area contributed by atoms with Gasteiger partial charge in [-0.3, -0.25) is 0 Å². The third kappa shape index (κ3) is 3.31. The lowest BCUT2D eigenvalue weighted by Crippen LogP contribution is -2.37. The Bertz CT molecular complexity index is 702. The highest BCUT2D eigenvalue weighted by Gasteiger charge is 2.37. The largest absolute Gasteiger partial charge is 0.434 e. The molecule has 1 fully saturated rings. The molecule has 0 radical (unpaired) electrons. The Hall–Kier alpha value is -2.49. The van der Waals surface area contributed by atoms with Crippen molar-refractivity contribution in [1.82, 2.24) is 19.9 Å². The van der Waals surface area contributed by atoms with Crippen LogP contribution < -0.4 is 10.6 Å². The van der Waals surface area contributed by atoms with E-state index in [9.17, 15) is 13.2 Å². The van der Waals surface area contributed by atoms with Crippen LogP contribution in [0.5, 0.6) is 0 Å². The first-order valence-electron chi connectivity index (χ1n) is 6.81. The van der Waals surface area contributed by atoms with Gasteiger partial charge in [-0.15, -0.1) is 0 Å². The quantitative estimate of drug-likeness (QED) is 0.891. The summed E-state index contributed by atoms with van der Waals surface area (Å²) >= 11 is 0. The highest BCUT2D eigenvalue weighted by atomic mass is 19.4. The standard InChI is InChI=1S/C13H13F3N6O/c14-13(15,16)10-8(7-19-11(17)21-10)9-1-2-18-12(20-9)22-3-5-23-6-4-22/h1-2,7H,3-6H2,(H2,17,19,21). The van der Waals surface area contributed by atoms with Crippen molar-refractivity contribution in [3.05, 3.63) is 24.2 Å². The summed E-state index contributed by atoms with van der Waals surface area (Å²) in [5.41, 5.74) is 4.02. The Morgan fingerprint density at radius 1 is 1.13 bits per heavy atom. The van der Waals surface area contributed by atoms with Gasteiger partial charge in [0.05, 0.1) is 18.9 Å². The summed E-state index contributed by atoms with van der Waals surface area (Å²) in [4.78, 5) is 17.1. The first kappa shape index (κ1) is 15.4. The first-order valence-corrected chi connectivity index (χ1v) is 6.81. The predicted molar refractivity (Wildman–Crippen MR) is 75.5 cm³/mol. The maximum absolute atomic E-state index is 13.2. The molecule has 3 rings (SSSR count). The lowest BCUT2D eigenvalue weighted by Gasteiger charge is -2.26. The van der Waals surface area contributed by atoms with E-state index in [0.29, 0.717) is 32.3 Å². The summed E-state index contributed by atoms with van der Waals surface area (Å²) in [5.74, 6) is -0.0979. The average molecular weight is 326 g/mol. The molecule has 0 unspecified atom stereocenters. The zero-order valence-corrected chi connectivity index (χ0v) is 11.9. The molecule has 10 heteroatoms. The Labute approximate surface area is 129 Å². The summed E-state index contributed by atoms with van der Waals surface area (Å²) in [7, 11) is 0. The fourth-order valence-corrected chi connectivity index (χ4v) is 2.21. The van der Waals surface area contributed by atoms with Gasteiger partial charge in [0.25, 0.3) is 0 Å². The van der Waals surface area contributed by atoms with Crippen LogP contribution in [0, 0.1) is 0 Å². The molecule has 0 aromatic carbocycles. The number of alkyl halides is 3. The molecule has 1 aliphatic rings. The van der Waals surface area contributed by atoms with E-state index in [1.807, 2.05) is 4.90 Å². The molecule has 0 aliphatic carbocycles. The third-order valence-corrected chi connectivity index (χ3v) is 3.29. The van der Waals surface area contributed by atoms with Crippen molar-refractivity contribution in [1.29, 1.82) is 0 Å². The Morgan fingerprint density at radius 2 is 1.87 bits per heavy atom. The van der Waals surface area contributed by atoms with E-state index in [-0.39, 0.29) is 11.3 Å². The minimum atomic E-state index is -4.66. The number of nitrogen functional groups attached to an aromatic ring is 1. The number of morpholine rings is 1. The monoisotopic (exact) mass is 326 g/mol. The second kappa shape index (κ2) is 5.95. The van der Waals surface area contributed by atoms with Gasteiger partial charge in [0.1, 0.15) is 0 Å². The number of anilines is 2. The van der Waals surface area contributed by atoms with Gasteiger partial charge in [0.15, 0.2) is 5.69 Å². The van der Waals surface area contributed by atoms with Crippen molar-refractivity contribution in [2.45, 2.75) is 6.18 Å². The predicted octanol–water partition coefficient (Wildman–Crippen LogP) is 1.37. The maximum Gasteiger partial charge on any atom is 0.434 e. The molecule has 0 spiro atoms. The van der Waals surface area contributed by atoms with E-state index in [4.69, 9.17) is 10.5 Å². The molecule has 0 saturated carbocycles. The Kier molecular flexibility index (Phi) is 3.99. The molecule has 1 saturated heterocycles. The fourth-order valence-electron chi connectivity index (χ4n) is 2.21. The SMILES string of the molecule is Nc1ncc(-c2ccnc(N3CCOCC3)n2)c(C(F)(F)F)n1. The van der Waals surface area contributed by atoms with Gasteiger partial charge in [0.2, 0.25) is 11.9 Å². The van der Waals surface area contributed by atoms with Crippen LogP contribution in [0.2, 0.25) is 0 Å². The third-order valence-electron chi connectivity index (χ3n) is 3.29. The van der Waals surface area contributed by atoms with E-state index in [1.165, 1.54) is 12.3 Å². The molecule has 0 atom stereocenters. The van der Waals surface area contributed by atoms with E-state index in [0.717, 1.165) is 6.20 Å². The number of halogens is 3. The lowest BCUT2D eigenvalue weighted by molar-refractivity contribution is -0.140. The van der Waals surface area contributed by atoms with Crippen molar-refractivity contribution in [3.8, 4) is 11.3 Å². The molecule has 3 heterocycles. The molecular weight excluding hydrogens is 313 g/mol. The van der Waals surface area contributed by atoms with Crippen LogP contribution in [0.1, 0.15) is 5.69 Å². The lowest BCUT2D eigenvalue weighted by atomic mass is 10.1.